The van der Waals surface area contributed by atoms with Crippen molar-refractivity contribution >= 4 is 16.9 Å². The van der Waals surface area contributed by atoms with Gasteiger partial charge >= 0.3 is 0 Å². The number of carbonyl (C=O) groups is 1. The minimum Gasteiger partial charge on any atom is -0.282 e. The number of unbranched alkanes of at least 4 members (excludes halogenated alkanes) is 3. The lowest BCUT2D eigenvalue weighted by Gasteiger charge is -2.02. The molecule has 100 valence electrons. The van der Waals surface area contributed by atoms with Gasteiger partial charge in [0, 0.05) is 17.7 Å². The predicted octanol–water partition coefficient (Wildman–Crippen LogP) is 4.78. The Morgan fingerprint density at radius 2 is 1.72 bits per heavy atom. The van der Waals surface area contributed by atoms with E-state index in [9.17, 15) is 13.6 Å². The van der Waals surface area contributed by atoms with Crippen LogP contribution in [-0.2, 0) is 0 Å². The Balaban J connectivity index is 2.03. The molecule has 0 heterocycles. The Kier molecular flexibility index (Phi) is 7.65. The highest BCUT2D eigenvalue weighted by molar-refractivity contribution is 8.14. The second-order valence-corrected chi connectivity index (χ2v) is 5.16. The van der Waals surface area contributed by atoms with Crippen LogP contribution in [0.15, 0.2) is 30.3 Å². The van der Waals surface area contributed by atoms with E-state index in [1.165, 1.54) is 11.8 Å². The average molecular weight is 272 g/mol. The molecule has 0 unspecified atom stereocenters. The summed E-state index contributed by atoms with van der Waals surface area (Å²) in [6.45, 7) is 0. The molecule has 1 rings (SSSR count). The smallest absolute Gasteiger partial charge is 0.238 e. The van der Waals surface area contributed by atoms with Gasteiger partial charge < -0.3 is 0 Å². The molecule has 0 saturated carbocycles. The maximum absolute atomic E-state index is 11.9. The molecule has 0 bridgehead atoms. The van der Waals surface area contributed by atoms with Crippen LogP contribution in [0.4, 0.5) is 8.78 Å². The van der Waals surface area contributed by atoms with Gasteiger partial charge in [-0.05, 0) is 12.8 Å². The summed E-state index contributed by atoms with van der Waals surface area (Å²) in [6, 6.07) is 9.18. The van der Waals surface area contributed by atoms with Gasteiger partial charge in [0.15, 0.2) is 0 Å². The first kappa shape index (κ1) is 15.2. The number of rotatable bonds is 8. The summed E-state index contributed by atoms with van der Waals surface area (Å²) >= 11 is 1.31. The van der Waals surface area contributed by atoms with Gasteiger partial charge in [-0.1, -0.05) is 54.9 Å². The van der Waals surface area contributed by atoms with Crippen molar-refractivity contribution in [1.82, 2.24) is 0 Å². The summed E-state index contributed by atoms with van der Waals surface area (Å²) < 4.78 is 23.7. The minimum absolute atomic E-state index is 0.00388. The highest BCUT2D eigenvalue weighted by atomic mass is 32.2. The molecule has 0 N–H and O–H groups in total. The van der Waals surface area contributed by atoms with Crippen LogP contribution in [-0.4, -0.2) is 17.3 Å². The molecule has 0 spiro atoms. The number of hydrogen-bond acceptors (Lipinski definition) is 2. The standard InChI is InChI=1S/C14H18F2OS/c15-13(16)10-6-1-2-7-11-18-14(17)12-8-4-3-5-9-12/h3-5,8-9,13H,1-2,6-7,10-11H2. The molecule has 0 aliphatic rings. The zero-order valence-corrected chi connectivity index (χ0v) is 11.1. The molecule has 1 nitrogen and oxygen atoms in total. The lowest BCUT2D eigenvalue weighted by Crippen LogP contribution is -1.95. The Bertz CT molecular complexity index is 341. The van der Waals surface area contributed by atoms with Crippen LogP contribution in [0.5, 0.6) is 0 Å². The Morgan fingerprint density at radius 3 is 2.39 bits per heavy atom. The van der Waals surface area contributed by atoms with Crippen molar-refractivity contribution in [2.75, 3.05) is 5.75 Å². The van der Waals surface area contributed by atoms with Crippen LogP contribution in [0.1, 0.15) is 42.5 Å². The normalized spacial score (nSPS) is 10.8. The largest absolute Gasteiger partial charge is 0.282 e. The number of halogens is 2. The average Bonchev–Trinajstić information content (AvgIpc) is 2.38. The molecule has 0 atom stereocenters. The number of benzene rings is 1. The Hall–Kier alpha value is -0.900. The van der Waals surface area contributed by atoms with Gasteiger partial charge in [-0.25, -0.2) is 8.78 Å². The zero-order valence-electron chi connectivity index (χ0n) is 10.3. The van der Waals surface area contributed by atoms with Crippen LogP contribution in [0, 0.1) is 0 Å². The third kappa shape index (κ3) is 6.74. The molecule has 0 aliphatic heterocycles. The number of thioether (sulfide) groups is 1. The highest BCUT2D eigenvalue weighted by Crippen LogP contribution is 2.15. The quantitative estimate of drug-likeness (QED) is 0.634. The lowest BCUT2D eigenvalue weighted by molar-refractivity contribution is 0.108. The van der Waals surface area contributed by atoms with E-state index in [1.807, 2.05) is 18.2 Å². The van der Waals surface area contributed by atoms with Gasteiger partial charge in [-0.3, -0.25) is 4.79 Å². The van der Waals surface area contributed by atoms with Gasteiger partial charge in [0.2, 0.25) is 11.5 Å². The van der Waals surface area contributed by atoms with Crippen molar-refractivity contribution < 1.29 is 13.6 Å². The Labute approximate surface area is 111 Å². The van der Waals surface area contributed by atoms with Crippen molar-refractivity contribution in [2.45, 2.75) is 38.5 Å². The topological polar surface area (TPSA) is 17.1 Å². The highest BCUT2D eigenvalue weighted by Gasteiger charge is 2.05. The molecule has 1 aromatic carbocycles. The maximum atomic E-state index is 11.9. The predicted molar refractivity (Wildman–Crippen MR) is 72.3 cm³/mol. The molecule has 18 heavy (non-hydrogen) atoms. The summed E-state index contributed by atoms with van der Waals surface area (Å²) in [6.07, 6.45) is 1.04. The van der Waals surface area contributed by atoms with Crippen LogP contribution < -0.4 is 0 Å². The third-order valence-corrected chi connectivity index (χ3v) is 3.55. The second-order valence-electron chi connectivity index (χ2n) is 4.10. The first-order chi connectivity index (χ1) is 8.70. The molecule has 0 radical (unpaired) electrons. The van der Waals surface area contributed by atoms with Crippen LogP contribution in [0.3, 0.4) is 0 Å². The van der Waals surface area contributed by atoms with Crippen LogP contribution in [0.2, 0.25) is 0 Å². The summed E-state index contributed by atoms with van der Waals surface area (Å²) in [5.41, 5.74) is 0.722. The van der Waals surface area contributed by atoms with E-state index in [2.05, 4.69) is 0 Å². The van der Waals surface area contributed by atoms with E-state index >= 15 is 0 Å². The molecular formula is C14H18F2OS. The van der Waals surface area contributed by atoms with Crippen LogP contribution >= 0.6 is 11.8 Å². The van der Waals surface area contributed by atoms with E-state index in [0.717, 1.165) is 30.6 Å². The third-order valence-electron chi connectivity index (χ3n) is 2.56. The summed E-state index contributed by atoms with van der Waals surface area (Å²) in [5.74, 6) is 0.766. The van der Waals surface area contributed by atoms with Crippen molar-refractivity contribution in [3.63, 3.8) is 0 Å². The monoisotopic (exact) mass is 272 g/mol. The van der Waals surface area contributed by atoms with Crippen molar-refractivity contribution in [1.29, 1.82) is 0 Å². The van der Waals surface area contributed by atoms with Crippen molar-refractivity contribution in [3.05, 3.63) is 35.9 Å². The molecule has 0 aliphatic carbocycles. The number of carbonyl (C=O) groups excluding carboxylic acids is 1. The minimum atomic E-state index is -2.18. The van der Waals surface area contributed by atoms with Gasteiger partial charge in [0.05, 0.1) is 0 Å². The van der Waals surface area contributed by atoms with E-state index in [4.69, 9.17) is 0 Å². The molecule has 4 heteroatoms. The second kappa shape index (κ2) is 9.09. The van der Waals surface area contributed by atoms with Crippen molar-refractivity contribution in [2.24, 2.45) is 0 Å². The first-order valence-corrected chi connectivity index (χ1v) is 7.19. The maximum Gasteiger partial charge on any atom is 0.238 e. The van der Waals surface area contributed by atoms with Gasteiger partial charge in [0.25, 0.3) is 0 Å². The fraction of sp³-hybridized carbons (Fsp3) is 0.500. The van der Waals surface area contributed by atoms with Crippen molar-refractivity contribution in [3.8, 4) is 0 Å². The summed E-state index contributed by atoms with van der Waals surface area (Å²) in [5, 5.41) is 0.0863. The molecule has 0 aromatic heterocycles. The Morgan fingerprint density at radius 1 is 1.06 bits per heavy atom. The number of hydrogen-bond donors (Lipinski definition) is 0. The summed E-state index contributed by atoms with van der Waals surface area (Å²) in [4.78, 5) is 11.7. The lowest BCUT2D eigenvalue weighted by atomic mass is 10.2. The first-order valence-electron chi connectivity index (χ1n) is 6.20. The molecule has 0 saturated heterocycles. The molecule has 0 fully saturated rings. The van der Waals surface area contributed by atoms with Gasteiger partial charge in [-0.2, -0.15) is 0 Å². The molecule has 0 amide bonds. The van der Waals surface area contributed by atoms with Gasteiger partial charge in [-0.15, -0.1) is 0 Å². The SMILES string of the molecule is O=C(SCCCCCCC(F)F)c1ccccc1. The van der Waals surface area contributed by atoms with E-state index in [0.29, 0.717) is 6.42 Å². The van der Waals surface area contributed by atoms with E-state index in [-0.39, 0.29) is 11.5 Å². The fourth-order valence-electron chi connectivity index (χ4n) is 1.58. The van der Waals surface area contributed by atoms with Gasteiger partial charge in [0.1, 0.15) is 0 Å². The van der Waals surface area contributed by atoms with E-state index in [1.54, 1.807) is 12.1 Å². The zero-order chi connectivity index (χ0) is 13.2. The molecular weight excluding hydrogens is 254 g/mol. The van der Waals surface area contributed by atoms with E-state index < -0.39 is 6.43 Å². The fourth-order valence-corrected chi connectivity index (χ4v) is 2.41. The summed E-state index contributed by atoms with van der Waals surface area (Å²) in [7, 11) is 0. The molecule has 1 aromatic rings. The van der Waals surface area contributed by atoms with Crippen LogP contribution in [0.25, 0.3) is 0 Å². The number of alkyl halides is 2.